The number of alkyl halides is 2. The predicted octanol–water partition coefficient (Wildman–Crippen LogP) is -0.850. The summed E-state index contributed by atoms with van der Waals surface area (Å²) in [5.41, 5.74) is 0. The molecule has 0 spiro atoms. The van der Waals surface area contributed by atoms with Crippen molar-refractivity contribution in [3.8, 4) is 0 Å². The van der Waals surface area contributed by atoms with Gasteiger partial charge in [0.1, 0.15) is 14.0 Å². The molecule has 1 aliphatic heterocycles. The van der Waals surface area contributed by atoms with E-state index in [1.54, 1.807) is 7.85 Å². The van der Waals surface area contributed by atoms with Crippen LogP contribution in [0.2, 0.25) is 0 Å². The van der Waals surface area contributed by atoms with Crippen LogP contribution in [0.4, 0.5) is 8.78 Å². The summed E-state index contributed by atoms with van der Waals surface area (Å²) in [6.07, 6.45) is -4.64. The van der Waals surface area contributed by atoms with Gasteiger partial charge < -0.3 is 14.6 Å². The third kappa shape index (κ3) is 2.66. The van der Waals surface area contributed by atoms with Gasteiger partial charge in [0.2, 0.25) is 6.43 Å². The molecule has 0 bridgehead atoms. The number of carbonyl (C=O) groups excluding carboxylic acids is 1. The Bertz CT molecular complexity index is 239. The second-order valence-corrected chi connectivity index (χ2v) is 3.55. The molecule has 1 N–H and O–H groups in total. The van der Waals surface area contributed by atoms with E-state index in [-0.39, 0.29) is 0 Å². The van der Waals surface area contributed by atoms with E-state index in [0.29, 0.717) is 0 Å². The second-order valence-electron chi connectivity index (χ2n) is 3.55. The fourth-order valence-electron chi connectivity index (χ4n) is 1.80. The minimum atomic E-state index is -2.68. The molecule has 86 valence electrons. The first-order valence-electron chi connectivity index (χ1n) is 4.69. The molecule has 1 saturated heterocycles. The van der Waals surface area contributed by atoms with Crippen LogP contribution in [0.1, 0.15) is 6.92 Å². The normalized spacial score (nSPS) is 35.8. The summed E-state index contributed by atoms with van der Waals surface area (Å²) < 4.78 is 35.2. The van der Waals surface area contributed by atoms with Gasteiger partial charge in [-0.25, -0.2) is 8.78 Å². The zero-order valence-electron chi connectivity index (χ0n) is 8.52. The highest BCUT2D eigenvalue weighted by atomic mass is 19.3. The van der Waals surface area contributed by atoms with Crippen molar-refractivity contribution in [1.29, 1.82) is 0 Å². The van der Waals surface area contributed by atoms with Crippen LogP contribution in [-0.2, 0) is 14.3 Å². The fourth-order valence-corrected chi connectivity index (χ4v) is 1.80. The van der Waals surface area contributed by atoms with E-state index in [2.05, 4.69) is 0 Å². The Labute approximate surface area is 87.0 Å². The molecule has 0 unspecified atom stereocenters. The number of hydrogen-bond acceptors (Lipinski definition) is 4. The molecule has 1 aliphatic rings. The fraction of sp³-hybridized carbons (Fsp3) is 0.875. The smallest absolute Gasteiger partial charge is 0.302 e. The number of esters is 1. The van der Waals surface area contributed by atoms with Crippen LogP contribution in [0.15, 0.2) is 0 Å². The van der Waals surface area contributed by atoms with Gasteiger partial charge in [0.05, 0.1) is 24.6 Å². The largest absolute Gasteiger partial charge is 0.460 e. The monoisotopic (exact) mass is 222 g/mol. The number of halogens is 2. The van der Waals surface area contributed by atoms with Crippen LogP contribution >= 0.6 is 0 Å². The Kier molecular flexibility index (Phi) is 4.04. The third-order valence-electron chi connectivity index (χ3n) is 2.43. The van der Waals surface area contributed by atoms with E-state index in [1.807, 2.05) is 0 Å². The minimum Gasteiger partial charge on any atom is -0.460 e. The van der Waals surface area contributed by atoms with Crippen molar-refractivity contribution in [2.24, 2.45) is 5.92 Å². The van der Waals surface area contributed by atoms with Crippen molar-refractivity contribution in [3.05, 3.63) is 0 Å². The lowest BCUT2D eigenvalue weighted by Gasteiger charge is -2.21. The minimum absolute atomic E-state index is 0.503. The number of ether oxygens (including phenoxy) is 2. The summed E-state index contributed by atoms with van der Waals surface area (Å²) in [6.45, 7) is 0.651. The van der Waals surface area contributed by atoms with E-state index in [0.717, 1.165) is 6.92 Å². The van der Waals surface area contributed by atoms with Crippen LogP contribution in [0.3, 0.4) is 0 Å². The zero-order valence-corrected chi connectivity index (χ0v) is 8.52. The summed E-state index contributed by atoms with van der Waals surface area (Å²) in [5, 5.41) is 8.86. The highest BCUT2D eigenvalue weighted by molar-refractivity contribution is 6.11. The molecule has 4 nitrogen and oxygen atoms in total. The van der Waals surface area contributed by atoms with Gasteiger partial charge in [0, 0.05) is 6.92 Å². The summed E-state index contributed by atoms with van der Waals surface area (Å²) in [5.74, 6) is -1.88. The number of aliphatic hydroxyl groups excluding tert-OH is 1. The lowest BCUT2D eigenvalue weighted by molar-refractivity contribution is -0.151. The Balaban J connectivity index is 2.77. The standard InChI is InChI=1S/C8H13BF2O4/c1-3(13)14-6-5(8(10)11)4(2-12)15-7(6)9/h4-8,12H,2,9H2,1H3/t4-,5-,6-,7-/m1/s1. The Morgan fingerprint density at radius 3 is 2.67 bits per heavy atom. The number of carbonyl (C=O) groups is 1. The molecule has 1 heterocycles. The number of hydrogen-bond donors (Lipinski definition) is 1. The lowest BCUT2D eigenvalue weighted by atomic mass is 9.87. The van der Waals surface area contributed by atoms with Gasteiger partial charge in [-0.15, -0.1) is 0 Å². The van der Waals surface area contributed by atoms with Crippen molar-refractivity contribution in [2.45, 2.75) is 31.6 Å². The van der Waals surface area contributed by atoms with Crippen LogP contribution in [0.25, 0.3) is 0 Å². The molecule has 0 aliphatic carbocycles. The van der Waals surface area contributed by atoms with Gasteiger partial charge in [-0.3, -0.25) is 4.79 Å². The maximum Gasteiger partial charge on any atom is 0.302 e. The van der Waals surface area contributed by atoms with E-state index >= 15 is 0 Å². The van der Waals surface area contributed by atoms with E-state index < -0.39 is 43.1 Å². The quantitative estimate of drug-likeness (QED) is 0.499. The molecule has 0 saturated carbocycles. The molecule has 1 rings (SSSR count). The van der Waals surface area contributed by atoms with E-state index in [4.69, 9.17) is 14.6 Å². The van der Waals surface area contributed by atoms with Gasteiger partial charge >= 0.3 is 5.97 Å². The summed E-state index contributed by atoms with van der Waals surface area (Å²) in [6, 6.07) is -0.620. The van der Waals surface area contributed by atoms with Crippen LogP contribution in [0, 0.1) is 5.92 Å². The lowest BCUT2D eigenvalue weighted by Crippen LogP contribution is -2.37. The SMILES string of the molecule is B[C@@H]1O[C@H](CO)[C@@H](C(F)F)[C@H]1OC(C)=O. The molecule has 0 amide bonds. The molecule has 4 atom stereocenters. The van der Waals surface area contributed by atoms with Crippen molar-refractivity contribution in [3.63, 3.8) is 0 Å². The predicted molar refractivity (Wildman–Crippen MR) is 49.3 cm³/mol. The van der Waals surface area contributed by atoms with E-state index in [9.17, 15) is 13.6 Å². The van der Waals surface area contributed by atoms with Crippen LogP contribution < -0.4 is 0 Å². The van der Waals surface area contributed by atoms with E-state index in [1.165, 1.54) is 0 Å². The molecular weight excluding hydrogens is 209 g/mol. The number of rotatable bonds is 3. The van der Waals surface area contributed by atoms with Crippen molar-refractivity contribution < 1.29 is 28.2 Å². The number of aliphatic hydroxyl groups is 1. The molecular formula is C8H13BF2O4. The first kappa shape index (κ1) is 12.4. The maximum absolute atomic E-state index is 12.7. The highest BCUT2D eigenvalue weighted by Gasteiger charge is 2.48. The molecule has 7 heteroatoms. The molecule has 15 heavy (non-hydrogen) atoms. The maximum atomic E-state index is 12.7. The third-order valence-corrected chi connectivity index (χ3v) is 2.43. The van der Waals surface area contributed by atoms with Gasteiger partial charge in [-0.2, -0.15) is 0 Å². The van der Waals surface area contributed by atoms with Crippen molar-refractivity contribution >= 4 is 13.8 Å². The Hall–Kier alpha value is -0.685. The zero-order chi connectivity index (χ0) is 11.6. The highest BCUT2D eigenvalue weighted by Crippen LogP contribution is 2.32. The molecule has 0 aromatic carbocycles. The first-order valence-corrected chi connectivity index (χ1v) is 4.69. The van der Waals surface area contributed by atoms with Gasteiger partial charge in [-0.1, -0.05) is 0 Å². The van der Waals surface area contributed by atoms with Gasteiger partial charge in [-0.05, 0) is 0 Å². The molecule has 1 fully saturated rings. The average molecular weight is 222 g/mol. The molecule has 0 aromatic rings. The van der Waals surface area contributed by atoms with Crippen molar-refractivity contribution in [2.75, 3.05) is 6.61 Å². The van der Waals surface area contributed by atoms with Crippen LogP contribution in [0.5, 0.6) is 0 Å². The Morgan fingerprint density at radius 1 is 1.67 bits per heavy atom. The summed E-state index contributed by atoms with van der Waals surface area (Å²) in [7, 11) is 1.54. The topological polar surface area (TPSA) is 55.8 Å². The summed E-state index contributed by atoms with van der Waals surface area (Å²) >= 11 is 0. The van der Waals surface area contributed by atoms with Gasteiger partial charge in [0.15, 0.2) is 0 Å². The first-order chi connectivity index (χ1) is 6.97. The second kappa shape index (κ2) is 4.89. The van der Waals surface area contributed by atoms with Crippen molar-refractivity contribution in [1.82, 2.24) is 0 Å². The summed E-state index contributed by atoms with van der Waals surface area (Å²) in [4.78, 5) is 10.7. The molecule has 0 aromatic heterocycles. The Morgan fingerprint density at radius 2 is 2.27 bits per heavy atom. The average Bonchev–Trinajstić information content (AvgIpc) is 2.42. The van der Waals surface area contributed by atoms with Gasteiger partial charge in [0.25, 0.3) is 0 Å². The van der Waals surface area contributed by atoms with Crippen LogP contribution in [-0.4, -0.2) is 50.2 Å². The molecule has 0 radical (unpaired) electrons.